The van der Waals surface area contributed by atoms with E-state index in [9.17, 15) is 9.18 Å². The van der Waals surface area contributed by atoms with E-state index in [4.69, 9.17) is 5.11 Å². The molecule has 0 unspecified atom stereocenters. The zero-order chi connectivity index (χ0) is 9.14. The van der Waals surface area contributed by atoms with E-state index in [1.807, 2.05) is 0 Å². The third-order valence-corrected chi connectivity index (χ3v) is 1.60. The minimum absolute atomic E-state index is 0.184. The van der Waals surface area contributed by atoms with Gasteiger partial charge >= 0.3 is 5.97 Å². The summed E-state index contributed by atoms with van der Waals surface area (Å²) in [6.07, 6.45) is 2.25. The van der Waals surface area contributed by atoms with Gasteiger partial charge in [-0.1, -0.05) is 0 Å². The molecule has 0 radical (unpaired) electrons. The van der Waals surface area contributed by atoms with E-state index in [1.54, 1.807) is 0 Å². The van der Waals surface area contributed by atoms with Crippen LogP contribution in [0.4, 0.5) is 4.39 Å². The van der Waals surface area contributed by atoms with Crippen molar-refractivity contribution in [3.63, 3.8) is 0 Å². The van der Waals surface area contributed by atoms with Crippen molar-refractivity contribution in [1.82, 2.24) is 4.98 Å². The molecule has 0 fully saturated rings. The lowest BCUT2D eigenvalue weighted by Gasteiger charge is -2.01. The summed E-state index contributed by atoms with van der Waals surface area (Å²) in [5.41, 5.74) is 0.773. The molecule has 12 heavy (non-hydrogen) atoms. The van der Waals surface area contributed by atoms with Gasteiger partial charge in [0.2, 0.25) is 0 Å². The van der Waals surface area contributed by atoms with Gasteiger partial charge in [0.15, 0.2) is 0 Å². The maximum Gasteiger partial charge on any atom is 0.307 e. The summed E-state index contributed by atoms with van der Waals surface area (Å²) >= 11 is 0. The fourth-order valence-electron chi connectivity index (χ4n) is 0.881. The molecule has 0 aliphatic carbocycles. The lowest BCUT2D eigenvalue weighted by Crippen LogP contribution is -2.03. The maximum atomic E-state index is 12.8. The standard InChI is InChI=1S/C8H8FNO2/c1-5-6(2-8(11)12)3-10-4-7(5)9/h3-4H,2H2,1H3,(H,11,12). The van der Waals surface area contributed by atoms with Gasteiger partial charge in [0, 0.05) is 6.20 Å². The number of aliphatic carboxylic acids is 1. The maximum absolute atomic E-state index is 12.8. The summed E-state index contributed by atoms with van der Waals surface area (Å²) in [5, 5.41) is 8.43. The van der Waals surface area contributed by atoms with Gasteiger partial charge in [-0.15, -0.1) is 0 Å². The molecule has 0 aliphatic rings. The second-order valence-electron chi connectivity index (χ2n) is 2.48. The Morgan fingerprint density at radius 1 is 1.67 bits per heavy atom. The largest absolute Gasteiger partial charge is 0.481 e. The number of pyridine rings is 1. The molecule has 1 rings (SSSR count). The van der Waals surface area contributed by atoms with Crippen LogP contribution < -0.4 is 0 Å². The van der Waals surface area contributed by atoms with Crippen LogP contribution in [0.25, 0.3) is 0 Å². The first-order chi connectivity index (χ1) is 5.61. The molecule has 4 heteroatoms. The van der Waals surface area contributed by atoms with Crippen LogP contribution in [0.15, 0.2) is 12.4 Å². The number of hydrogen-bond donors (Lipinski definition) is 1. The summed E-state index contributed by atoms with van der Waals surface area (Å²) in [5.74, 6) is -1.45. The van der Waals surface area contributed by atoms with Crippen LogP contribution in [0.3, 0.4) is 0 Å². The highest BCUT2D eigenvalue weighted by Gasteiger charge is 2.07. The first kappa shape index (κ1) is 8.64. The Labute approximate surface area is 68.9 Å². The van der Waals surface area contributed by atoms with Crippen LogP contribution in [-0.4, -0.2) is 16.1 Å². The molecule has 1 aromatic rings. The topological polar surface area (TPSA) is 50.2 Å². The number of nitrogens with zero attached hydrogens (tertiary/aromatic N) is 1. The minimum atomic E-state index is -0.981. The van der Waals surface area contributed by atoms with E-state index in [-0.39, 0.29) is 6.42 Å². The molecule has 0 aromatic carbocycles. The Kier molecular flexibility index (Phi) is 2.38. The first-order valence-corrected chi connectivity index (χ1v) is 3.42. The van der Waals surface area contributed by atoms with Gasteiger partial charge in [-0.05, 0) is 18.1 Å². The second-order valence-corrected chi connectivity index (χ2v) is 2.48. The number of carboxylic acids is 1. The van der Waals surface area contributed by atoms with Gasteiger partial charge in [0.05, 0.1) is 12.6 Å². The molecule has 1 aromatic heterocycles. The number of rotatable bonds is 2. The molecule has 0 atom stereocenters. The Hall–Kier alpha value is -1.45. The Morgan fingerprint density at radius 2 is 2.33 bits per heavy atom. The number of aromatic nitrogens is 1. The third kappa shape index (κ3) is 1.78. The van der Waals surface area contributed by atoms with Crippen molar-refractivity contribution >= 4 is 5.97 Å². The van der Waals surface area contributed by atoms with Gasteiger partial charge in [0.1, 0.15) is 5.82 Å². The normalized spacial score (nSPS) is 9.83. The fourth-order valence-corrected chi connectivity index (χ4v) is 0.881. The van der Waals surface area contributed by atoms with Crippen LogP contribution in [-0.2, 0) is 11.2 Å². The number of carbonyl (C=O) groups is 1. The Morgan fingerprint density at radius 3 is 2.92 bits per heavy atom. The zero-order valence-corrected chi connectivity index (χ0v) is 6.54. The molecule has 0 saturated heterocycles. The number of hydrogen-bond acceptors (Lipinski definition) is 2. The molecule has 0 saturated carbocycles. The van der Waals surface area contributed by atoms with Crippen LogP contribution in [0.5, 0.6) is 0 Å². The molecule has 1 heterocycles. The van der Waals surface area contributed by atoms with E-state index >= 15 is 0 Å². The second kappa shape index (κ2) is 3.30. The zero-order valence-electron chi connectivity index (χ0n) is 6.54. The van der Waals surface area contributed by atoms with Crippen molar-refractivity contribution < 1.29 is 14.3 Å². The first-order valence-electron chi connectivity index (χ1n) is 3.42. The molecule has 3 nitrogen and oxygen atoms in total. The van der Waals surface area contributed by atoms with E-state index in [0.717, 1.165) is 6.20 Å². The summed E-state index contributed by atoms with van der Waals surface area (Å²) in [7, 11) is 0. The van der Waals surface area contributed by atoms with E-state index < -0.39 is 11.8 Å². The quantitative estimate of drug-likeness (QED) is 0.722. The van der Waals surface area contributed by atoms with Crippen molar-refractivity contribution in [2.75, 3.05) is 0 Å². The van der Waals surface area contributed by atoms with Crippen LogP contribution >= 0.6 is 0 Å². The van der Waals surface area contributed by atoms with Crippen molar-refractivity contribution in [2.24, 2.45) is 0 Å². The lowest BCUT2D eigenvalue weighted by molar-refractivity contribution is -0.136. The Balaban J connectivity index is 3.00. The third-order valence-electron chi connectivity index (χ3n) is 1.60. The van der Waals surface area contributed by atoms with E-state index in [0.29, 0.717) is 11.1 Å². The predicted molar refractivity (Wildman–Crippen MR) is 40.3 cm³/mol. The molecular weight excluding hydrogens is 161 g/mol. The highest BCUT2D eigenvalue weighted by atomic mass is 19.1. The highest BCUT2D eigenvalue weighted by molar-refractivity contribution is 5.70. The average Bonchev–Trinajstić information content (AvgIpc) is 1.98. The van der Waals surface area contributed by atoms with Crippen LogP contribution in [0.1, 0.15) is 11.1 Å². The highest BCUT2D eigenvalue weighted by Crippen LogP contribution is 2.10. The van der Waals surface area contributed by atoms with Gasteiger partial charge in [0.25, 0.3) is 0 Å². The van der Waals surface area contributed by atoms with Crippen LogP contribution in [0.2, 0.25) is 0 Å². The SMILES string of the molecule is Cc1c(F)cncc1CC(=O)O. The van der Waals surface area contributed by atoms with Crippen LogP contribution in [0, 0.1) is 12.7 Å². The molecule has 1 N–H and O–H groups in total. The van der Waals surface area contributed by atoms with Crippen molar-refractivity contribution in [1.29, 1.82) is 0 Å². The monoisotopic (exact) mass is 169 g/mol. The molecule has 64 valence electrons. The molecule has 0 bridgehead atoms. The smallest absolute Gasteiger partial charge is 0.307 e. The fraction of sp³-hybridized carbons (Fsp3) is 0.250. The van der Waals surface area contributed by atoms with Gasteiger partial charge in [-0.3, -0.25) is 9.78 Å². The lowest BCUT2D eigenvalue weighted by atomic mass is 10.1. The van der Waals surface area contributed by atoms with Gasteiger partial charge in [-0.2, -0.15) is 0 Å². The molecule has 0 spiro atoms. The number of halogens is 1. The van der Waals surface area contributed by atoms with E-state index in [1.165, 1.54) is 13.1 Å². The Bertz CT molecular complexity index is 312. The van der Waals surface area contributed by atoms with Crippen molar-refractivity contribution in [3.05, 3.63) is 29.3 Å². The summed E-state index contributed by atoms with van der Waals surface area (Å²) in [6.45, 7) is 1.54. The molecule has 0 aliphatic heterocycles. The molecular formula is C8H8FNO2. The predicted octanol–water partition coefficient (Wildman–Crippen LogP) is 1.16. The van der Waals surface area contributed by atoms with Gasteiger partial charge in [-0.25, -0.2) is 4.39 Å². The average molecular weight is 169 g/mol. The minimum Gasteiger partial charge on any atom is -0.481 e. The summed E-state index contributed by atoms with van der Waals surface area (Å²) in [4.78, 5) is 13.8. The van der Waals surface area contributed by atoms with E-state index in [2.05, 4.69) is 4.98 Å². The molecule has 0 amide bonds. The summed E-state index contributed by atoms with van der Waals surface area (Å²) in [6, 6.07) is 0. The van der Waals surface area contributed by atoms with Crippen molar-refractivity contribution in [3.8, 4) is 0 Å². The van der Waals surface area contributed by atoms with Gasteiger partial charge < -0.3 is 5.11 Å². The number of carboxylic acid groups (broad SMARTS) is 1. The van der Waals surface area contributed by atoms with Crippen molar-refractivity contribution in [2.45, 2.75) is 13.3 Å². The summed E-state index contributed by atoms with van der Waals surface area (Å²) < 4.78 is 12.8.